The van der Waals surface area contributed by atoms with E-state index in [2.05, 4.69) is 111 Å². The van der Waals surface area contributed by atoms with E-state index in [9.17, 15) is 19.0 Å². The van der Waals surface area contributed by atoms with Gasteiger partial charge in [-0.05, 0) is 96.3 Å². The molecule has 3 unspecified atom stereocenters. The van der Waals surface area contributed by atoms with Crippen molar-refractivity contribution in [3.63, 3.8) is 0 Å². The summed E-state index contributed by atoms with van der Waals surface area (Å²) in [5, 5.41) is 8.94. The number of hydrogen-bond acceptors (Lipinski definition) is 8. The number of hydrogen-bond donors (Lipinski definition) is 3. The molecule has 0 saturated heterocycles. The Labute approximate surface area is 409 Å². The van der Waals surface area contributed by atoms with Crippen molar-refractivity contribution in [2.24, 2.45) is 5.73 Å². The molecule has 0 bridgehead atoms. The Morgan fingerprint density at radius 2 is 0.866 bits per heavy atom. The van der Waals surface area contributed by atoms with Crippen molar-refractivity contribution in [1.29, 1.82) is 0 Å². The second-order valence-electron chi connectivity index (χ2n) is 17.3. The standard InChI is InChI=1S/C56H96NO9P/c1-3-5-7-9-11-13-15-17-19-21-23-25-27-28-30-32-34-36-38-40-42-44-46-48-55(58)66-53(51-64-67(61,62)65-52-54(57)56(59)60)50-63-49-47-45-43-41-39-37-35-33-31-29-26-24-22-20-18-16-14-12-10-8-6-4-2/h5,7,11,13,16-19,22-25,28-31,53-54H,3-4,6,8-10,12,14-15,20-21,26-27,32-52,57H2,1-2H3,(H,59,60)(H,61,62)/b7-5-,13-11-,18-16-,19-17-,24-22-,25-23-,30-28-,31-29-. The molecule has 0 rings (SSSR count). The van der Waals surface area contributed by atoms with Crippen LogP contribution in [0.25, 0.3) is 0 Å². The Balaban J connectivity index is 4.21. The third-order valence-corrected chi connectivity index (χ3v) is 11.8. The Bertz CT molecular complexity index is 1430. The van der Waals surface area contributed by atoms with Crippen LogP contribution in [0.1, 0.15) is 206 Å². The molecule has 0 aromatic carbocycles. The molecular formula is C56H96NO9P. The van der Waals surface area contributed by atoms with Gasteiger partial charge in [-0.15, -0.1) is 0 Å². The van der Waals surface area contributed by atoms with Crippen LogP contribution in [-0.2, 0) is 32.7 Å². The fraction of sp³-hybridized carbons (Fsp3) is 0.679. The van der Waals surface area contributed by atoms with Crippen LogP contribution in [-0.4, -0.2) is 60.5 Å². The van der Waals surface area contributed by atoms with E-state index in [1.165, 1.54) is 83.5 Å². The SMILES string of the molecule is CC/C=C\C/C=C\C/C=C\C/C=C\C/C=C\CCCCCCCCCC(=O)OC(COCCCCCCCCC/C=C\C/C=C\C/C=C\CCCCCCC)COP(=O)(O)OCC(N)C(=O)O. The Morgan fingerprint density at radius 1 is 0.493 bits per heavy atom. The van der Waals surface area contributed by atoms with E-state index in [-0.39, 0.29) is 13.0 Å². The molecule has 0 spiro atoms. The van der Waals surface area contributed by atoms with Crippen LogP contribution >= 0.6 is 7.82 Å². The first-order valence-corrected chi connectivity index (χ1v) is 27.8. The van der Waals surface area contributed by atoms with Crippen LogP contribution in [0.4, 0.5) is 0 Å². The number of phosphoric ester groups is 1. The Kier molecular flexibility index (Phi) is 48.4. The zero-order valence-corrected chi connectivity index (χ0v) is 43.1. The molecule has 0 aliphatic carbocycles. The van der Waals surface area contributed by atoms with Crippen molar-refractivity contribution in [2.45, 2.75) is 219 Å². The minimum absolute atomic E-state index is 0.000383. The van der Waals surface area contributed by atoms with Crippen molar-refractivity contribution in [1.82, 2.24) is 0 Å². The molecule has 0 aromatic heterocycles. The molecule has 67 heavy (non-hydrogen) atoms. The lowest BCUT2D eigenvalue weighted by molar-refractivity contribution is -0.154. The van der Waals surface area contributed by atoms with E-state index < -0.39 is 45.1 Å². The quantitative estimate of drug-likeness (QED) is 0.0232. The normalized spacial score (nSPS) is 14.4. The maximum absolute atomic E-state index is 12.7. The fourth-order valence-corrected chi connectivity index (χ4v) is 7.59. The Morgan fingerprint density at radius 3 is 1.30 bits per heavy atom. The highest BCUT2D eigenvalue weighted by Crippen LogP contribution is 2.43. The van der Waals surface area contributed by atoms with Crippen molar-refractivity contribution in [3.05, 3.63) is 97.2 Å². The summed E-state index contributed by atoms with van der Waals surface area (Å²) < 4.78 is 33.5. The third-order valence-electron chi connectivity index (χ3n) is 10.8. The number of esters is 1. The van der Waals surface area contributed by atoms with Gasteiger partial charge >= 0.3 is 19.8 Å². The first-order valence-electron chi connectivity index (χ1n) is 26.3. The number of carboxylic acid groups (broad SMARTS) is 1. The largest absolute Gasteiger partial charge is 0.480 e. The predicted octanol–water partition coefficient (Wildman–Crippen LogP) is 15.7. The van der Waals surface area contributed by atoms with Gasteiger partial charge in [0.25, 0.3) is 0 Å². The summed E-state index contributed by atoms with van der Waals surface area (Å²) >= 11 is 0. The zero-order chi connectivity index (χ0) is 49.0. The van der Waals surface area contributed by atoms with E-state index in [1.54, 1.807) is 0 Å². The van der Waals surface area contributed by atoms with Crippen LogP contribution in [0.15, 0.2) is 97.2 Å². The van der Waals surface area contributed by atoms with E-state index in [1.807, 2.05) is 0 Å². The van der Waals surface area contributed by atoms with Crippen molar-refractivity contribution < 1.29 is 42.7 Å². The lowest BCUT2D eigenvalue weighted by Gasteiger charge is -2.20. The van der Waals surface area contributed by atoms with Crippen LogP contribution in [0, 0.1) is 0 Å². The molecule has 0 heterocycles. The monoisotopic (exact) mass is 958 g/mol. The highest BCUT2D eigenvalue weighted by molar-refractivity contribution is 7.47. The van der Waals surface area contributed by atoms with Gasteiger partial charge < -0.3 is 25.2 Å². The summed E-state index contributed by atoms with van der Waals surface area (Å²) in [4.78, 5) is 33.7. The van der Waals surface area contributed by atoms with Crippen LogP contribution < -0.4 is 5.73 Å². The van der Waals surface area contributed by atoms with Crippen molar-refractivity contribution in [2.75, 3.05) is 26.4 Å². The number of carbonyl (C=O) groups excluding carboxylic acids is 1. The van der Waals surface area contributed by atoms with Crippen LogP contribution in [0.2, 0.25) is 0 Å². The average molecular weight is 958 g/mol. The van der Waals surface area contributed by atoms with E-state index in [4.69, 9.17) is 29.4 Å². The molecule has 10 nitrogen and oxygen atoms in total. The second-order valence-corrected chi connectivity index (χ2v) is 18.7. The number of ether oxygens (including phenoxy) is 2. The topological polar surface area (TPSA) is 155 Å². The van der Waals surface area contributed by atoms with Gasteiger partial charge in [0, 0.05) is 13.0 Å². The number of aliphatic carboxylic acids is 1. The smallest absolute Gasteiger partial charge is 0.472 e. The number of rotatable bonds is 49. The molecule has 3 atom stereocenters. The van der Waals surface area contributed by atoms with Gasteiger partial charge in [0.05, 0.1) is 19.8 Å². The number of unbranched alkanes of at least 4 members (excludes halogenated alkanes) is 19. The van der Waals surface area contributed by atoms with Gasteiger partial charge in [0.1, 0.15) is 12.1 Å². The maximum Gasteiger partial charge on any atom is 0.472 e. The van der Waals surface area contributed by atoms with E-state index >= 15 is 0 Å². The van der Waals surface area contributed by atoms with Gasteiger partial charge in [0.2, 0.25) is 0 Å². The molecule has 11 heteroatoms. The van der Waals surface area contributed by atoms with E-state index in [0.717, 1.165) is 96.3 Å². The summed E-state index contributed by atoms with van der Waals surface area (Å²) in [5.41, 5.74) is 5.38. The molecular weight excluding hydrogens is 862 g/mol. The fourth-order valence-electron chi connectivity index (χ4n) is 6.81. The third kappa shape index (κ3) is 50.6. The molecule has 384 valence electrons. The summed E-state index contributed by atoms with van der Waals surface area (Å²) in [6.45, 7) is 3.72. The molecule has 0 aliphatic heterocycles. The first-order chi connectivity index (χ1) is 32.7. The highest BCUT2D eigenvalue weighted by Gasteiger charge is 2.27. The molecule has 0 aliphatic rings. The average Bonchev–Trinajstić information content (AvgIpc) is 3.31. The lowest BCUT2D eigenvalue weighted by Crippen LogP contribution is -2.34. The van der Waals surface area contributed by atoms with Gasteiger partial charge in [0.15, 0.2) is 0 Å². The van der Waals surface area contributed by atoms with Crippen molar-refractivity contribution >= 4 is 19.8 Å². The van der Waals surface area contributed by atoms with Crippen molar-refractivity contribution in [3.8, 4) is 0 Å². The number of carboxylic acids is 1. The molecule has 0 fully saturated rings. The molecule has 0 saturated carbocycles. The maximum atomic E-state index is 12.7. The highest BCUT2D eigenvalue weighted by atomic mass is 31.2. The van der Waals surface area contributed by atoms with Crippen LogP contribution in [0.5, 0.6) is 0 Å². The number of phosphoric acid groups is 1. The summed E-state index contributed by atoms with van der Waals surface area (Å²) in [6.07, 6.45) is 67.4. The van der Waals surface area contributed by atoms with E-state index in [0.29, 0.717) is 13.0 Å². The molecule has 0 radical (unpaired) electrons. The molecule has 0 aromatic rings. The first kappa shape index (κ1) is 63.9. The zero-order valence-electron chi connectivity index (χ0n) is 42.2. The summed E-state index contributed by atoms with van der Waals surface area (Å²) in [5.74, 6) is -1.80. The second kappa shape index (κ2) is 50.8. The summed E-state index contributed by atoms with van der Waals surface area (Å²) in [7, 11) is -4.64. The van der Waals surface area contributed by atoms with Gasteiger partial charge in [-0.2, -0.15) is 0 Å². The summed E-state index contributed by atoms with van der Waals surface area (Å²) in [6, 6.07) is -1.48. The van der Waals surface area contributed by atoms with Gasteiger partial charge in [-0.3, -0.25) is 18.6 Å². The van der Waals surface area contributed by atoms with Gasteiger partial charge in [-0.25, -0.2) is 4.57 Å². The predicted molar refractivity (Wildman–Crippen MR) is 281 cm³/mol. The Hall–Kier alpha value is -3.11. The minimum atomic E-state index is -4.64. The van der Waals surface area contributed by atoms with Gasteiger partial charge in [-0.1, -0.05) is 201 Å². The molecule has 0 amide bonds. The van der Waals surface area contributed by atoms with Crippen LogP contribution in [0.3, 0.4) is 0 Å². The number of carbonyl (C=O) groups is 2. The number of allylic oxidation sites excluding steroid dienone is 16. The minimum Gasteiger partial charge on any atom is -0.480 e. The number of nitrogens with two attached hydrogens (primary N) is 1. The molecule has 4 N–H and O–H groups in total. The lowest BCUT2D eigenvalue weighted by atomic mass is 10.1.